The number of hydrogen-bond donors (Lipinski definition) is 0. The van der Waals surface area contributed by atoms with Gasteiger partial charge in [0.05, 0.1) is 13.1 Å². The molecular weight excluding hydrogens is 388 g/mol. The van der Waals surface area contributed by atoms with Crippen LogP contribution in [0.15, 0.2) is 42.7 Å². The molecule has 0 fully saturated rings. The van der Waals surface area contributed by atoms with Crippen LogP contribution in [-0.4, -0.2) is 4.57 Å². The molecule has 0 aliphatic rings. The lowest BCUT2D eigenvalue weighted by molar-refractivity contribution is -0.704. The van der Waals surface area contributed by atoms with E-state index in [-0.39, 0.29) is 0 Å². The second kappa shape index (κ2) is 17.9. The zero-order valence-electron chi connectivity index (χ0n) is 21.4. The summed E-state index contributed by atoms with van der Waals surface area (Å²) in [7, 11) is 0. The average Bonchev–Trinajstić information content (AvgIpc) is 3.20. The van der Waals surface area contributed by atoms with E-state index >= 15 is 0 Å². The van der Waals surface area contributed by atoms with Gasteiger partial charge in [0.1, 0.15) is 12.4 Å². The molecule has 2 heteroatoms. The molecule has 1 heterocycles. The van der Waals surface area contributed by atoms with Gasteiger partial charge in [-0.05, 0) is 37.7 Å². The minimum atomic E-state index is 1.14. The van der Waals surface area contributed by atoms with Crippen molar-refractivity contribution in [2.24, 2.45) is 0 Å². The van der Waals surface area contributed by atoms with E-state index in [0.717, 1.165) is 6.54 Å². The Morgan fingerprint density at radius 2 is 1.22 bits per heavy atom. The molecule has 0 amide bonds. The predicted octanol–water partition coefficient (Wildman–Crippen LogP) is 8.45. The topological polar surface area (TPSA) is 8.81 Å². The lowest BCUT2D eigenvalue weighted by atomic mass is 10.1. The highest BCUT2D eigenvalue weighted by Gasteiger charge is 2.16. The van der Waals surface area contributed by atoms with Crippen molar-refractivity contribution in [1.82, 2.24) is 4.57 Å². The normalized spacial score (nSPS) is 11.3. The molecule has 0 aliphatic carbocycles. The van der Waals surface area contributed by atoms with Crippen LogP contribution in [0.4, 0.5) is 0 Å². The van der Waals surface area contributed by atoms with Crippen molar-refractivity contribution in [3.8, 4) is 0 Å². The summed E-state index contributed by atoms with van der Waals surface area (Å²) in [4.78, 5) is 0. The largest absolute Gasteiger partial charge is 0.256 e. The third-order valence-corrected chi connectivity index (χ3v) is 6.80. The van der Waals surface area contributed by atoms with Crippen molar-refractivity contribution in [3.05, 3.63) is 54.1 Å². The molecule has 1 aromatic carbocycles. The van der Waals surface area contributed by atoms with E-state index in [1.165, 1.54) is 121 Å². The van der Waals surface area contributed by atoms with E-state index in [2.05, 4.69) is 65.7 Å². The van der Waals surface area contributed by atoms with Gasteiger partial charge in [0, 0.05) is 6.42 Å². The fraction of sp³-hybridized carbons (Fsp3) is 0.700. The van der Waals surface area contributed by atoms with Crippen LogP contribution in [0.1, 0.15) is 122 Å². The first-order chi connectivity index (χ1) is 15.8. The van der Waals surface area contributed by atoms with Gasteiger partial charge in [0.2, 0.25) is 0 Å². The summed E-state index contributed by atoms with van der Waals surface area (Å²) in [6, 6.07) is 11.0. The molecule has 0 spiro atoms. The van der Waals surface area contributed by atoms with Gasteiger partial charge in [-0.2, -0.15) is 0 Å². The van der Waals surface area contributed by atoms with E-state index in [4.69, 9.17) is 0 Å². The van der Waals surface area contributed by atoms with Crippen molar-refractivity contribution in [2.45, 2.75) is 136 Å². The van der Waals surface area contributed by atoms with Crippen molar-refractivity contribution in [2.75, 3.05) is 0 Å². The van der Waals surface area contributed by atoms with Crippen molar-refractivity contribution in [1.29, 1.82) is 0 Å². The quantitative estimate of drug-likeness (QED) is 0.144. The lowest BCUT2D eigenvalue weighted by Crippen LogP contribution is -2.37. The van der Waals surface area contributed by atoms with Crippen LogP contribution in [-0.2, 0) is 25.9 Å². The SMILES string of the molecule is CCCCCCCCCCCc1n(CCCCCCC)cc[n+]1CCCc1ccccc1. The maximum atomic E-state index is 2.57. The molecule has 0 bridgehead atoms. The standard InChI is InChI=1S/C30H51N2/c1-3-5-7-9-10-11-12-13-18-24-30-31(25-19-14-8-6-4-2)27-28-32(30)26-20-23-29-21-16-15-17-22-29/h15-17,21-22,27-28H,3-14,18-20,23-26H2,1-2H3/q+1. The first kappa shape index (κ1) is 26.7. The average molecular weight is 440 g/mol. The second-order valence-corrected chi connectivity index (χ2v) is 9.68. The number of imidazole rings is 1. The van der Waals surface area contributed by atoms with Crippen LogP contribution in [0.5, 0.6) is 0 Å². The molecule has 32 heavy (non-hydrogen) atoms. The Labute approximate surface area is 199 Å². The van der Waals surface area contributed by atoms with E-state index < -0.39 is 0 Å². The zero-order chi connectivity index (χ0) is 22.7. The van der Waals surface area contributed by atoms with Crippen LogP contribution in [0.3, 0.4) is 0 Å². The number of unbranched alkanes of at least 4 members (excludes halogenated alkanes) is 12. The summed E-state index contributed by atoms with van der Waals surface area (Å²) in [5, 5.41) is 0. The fourth-order valence-electron chi connectivity index (χ4n) is 4.77. The van der Waals surface area contributed by atoms with E-state index in [1.807, 2.05) is 0 Å². The van der Waals surface area contributed by atoms with Crippen molar-refractivity contribution >= 4 is 0 Å². The summed E-state index contributed by atoms with van der Waals surface area (Å²) in [5.41, 5.74) is 1.46. The summed E-state index contributed by atoms with van der Waals surface area (Å²) in [6.07, 6.45) is 27.8. The van der Waals surface area contributed by atoms with Crippen LogP contribution in [0.2, 0.25) is 0 Å². The van der Waals surface area contributed by atoms with Gasteiger partial charge >= 0.3 is 0 Å². The van der Waals surface area contributed by atoms with E-state index in [1.54, 1.807) is 5.82 Å². The van der Waals surface area contributed by atoms with Gasteiger partial charge < -0.3 is 0 Å². The molecule has 0 unspecified atom stereocenters. The Kier molecular flexibility index (Phi) is 14.9. The summed E-state index contributed by atoms with van der Waals surface area (Å²) in [5.74, 6) is 1.57. The van der Waals surface area contributed by atoms with Crippen molar-refractivity contribution in [3.63, 3.8) is 0 Å². The van der Waals surface area contributed by atoms with Crippen LogP contribution in [0.25, 0.3) is 0 Å². The van der Waals surface area contributed by atoms with Crippen molar-refractivity contribution < 1.29 is 4.57 Å². The lowest BCUT2D eigenvalue weighted by Gasteiger charge is -2.07. The van der Waals surface area contributed by atoms with Crippen LogP contribution >= 0.6 is 0 Å². The number of aryl methyl sites for hydroxylation is 3. The maximum absolute atomic E-state index is 2.57. The monoisotopic (exact) mass is 439 g/mol. The Morgan fingerprint density at radius 3 is 1.88 bits per heavy atom. The summed E-state index contributed by atoms with van der Waals surface area (Å²) < 4.78 is 5.12. The Bertz CT molecular complexity index is 673. The van der Waals surface area contributed by atoms with Crippen LogP contribution < -0.4 is 4.57 Å². The number of rotatable bonds is 20. The Morgan fingerprint density at radius 1 is 0.625 bits per heavy atom. The van der Waals surface area contributed by atoms with Crippen LogP contribution in [0, 0.1) is 0 Å². The second-order valence-electron chi connectivity index (χ2n) is 9.68. The fourth-order valence-corrected chi connectivity index (χ4v) is 4.77. The number of benzene rings is 1. The molecule has 2 nitrogen and oxygen atoms in total. The number of hydrogen-bond acceptors (Lipinski definition) is 0. The molecule has 1 aromatic heterocycles. The smallest absolute Gasteiger partial charge is 0.234 e. The zero-order valence-corrected chi connectivity index (χ0v) is 21.4. The van der Waals surface area contributed by atoms with Gasteiger partial charge in [-0.25, -0.2) is 9.13 Å². The Balaban J connectivity index is 1.78. The molecule has 0 saturated heterocycles. The third kappa shape index (κ3) is 11.3. The van der Waals surface area contributed by atoms with Gasteiger partial charge in [-0.1, -0.05) is 115 Å². The molecule has 0 aliphatic heterocycles. The molecule has 0 saturated carbocycles. The molecule has 0 N–H and O–H groups in total. The van der Waals surface area contributed by atoms with Gasteiger partial charge in [0.15, 0.2) is 0 Å². The number of aromatic nitrogens is 2. The molecule has 2 rings (SSSR count). The van der Waals surface area contributed by atoms with E-state index in [9.17, 15) is 0 Å². The van der Waals surface area contributed by atoms with Gasteiger partial charge in [0.25, 0.3) is 5.82 Å². The Hall–Kier alpha value is -1.57. The predicted molar refractivity (Wildman–Crippen MR) is 139 cm³/mol. The highest BCUT2D eigenvalue weighted by Crippen LogP contribution is 2.13. The highest BCUT2D eigenvalue weighted by atomic mass is 15.1. The first-order valence-electron chi connectivity index (χ1n) is 14.0. The molecule has 2 aromatic rings. The molecular formula is C30H51N2+. The minimum Gasteiger partial charge on any atom is -0.234 e. The molecule has 0 atom stereocenters. The maximum Gasteiger partial charge on any atom is 0.256 e. The highest BCUT2D eigenvalue weighted by molar-refractivity contribution is 5.14. The van der Waals surface area contributed by atoms with E-state index in [0.29, 0.717) is 0 Å². The number of nitrogens with zero attached hydrogens (tertiary/aromatic N) is 2. The van der Waals surface area contributed by atoms with Gasteiger partial charge in [-0.15, -0.1) is 0 Å². The summed E-state index contributed by atoms with van der Waals surface area (Å²) in [6.45, 7) is 6.94. The molecule has 0 radical (unpaired) electrons. The van der Waals surface area contributed by atoms with Gasteiger partial charge in [-0.3, -0.25) is 0 Å². The minimum absolute atomic E-state index is 1.14. The summed E-state index contributed by atoms with van der Waals surface area (Å²) >= 11 is 0. The first-order valence-corrected chi connectivity index (χ1v) is 14.0. The third-order valence-electron chi connectivity index (χ3n) is 6.80. The molecule has 180 valence electrons.